The van der Waals surface area contributed by atoms with E-state index in [1.54, 1.807) is 24.3 Å². The molecule has 7 nitrogen and oxygen atoms in total. The summed E-state index contributed by atoms with van der Waals surface area (Å²) >= 11 is 0. The quantitative estimate of drug-likeness (QED) is 0.204. The summed E-state index contributed by atoms with van der Waals surface area (Å²) in [5.74, 6) is -0.185. The first-order valence-corrected chi connectivity index (χ1v) is 14.6. The minimum atomic E-state index is -0.515. The van der Waals surface area contributed by atoms with E-state index in [2.05, 4.69) is 27.7 Å². The molecule has 0 atom stereocenters. The highest BCUT2D eigenvalue weighted by Crippen LogP contribution is 2.27. The van der Waals surface area contributed by atoms with E-state index in [4.69, 9.17) is 4.74 Å². The number of nitrogens with zero attached hydrogens (tertiary/aromatic N) is 1. The SMILES string of the molecule is CC(C)=CCC1=C(NCCCCN(CCCNC(=O)OC(C)(C)C)Cc2ccccc2)C(=O)c2ccccc2C1=O. The molecule has 0 spiro atoms. The Hall–Kier alpha value is -3.71. The molecule has 0 aromatic heterocycles. The van der Waals surface area contributed by atoms with Crippen molar-refractivity contribution in [1.29, 1.82) is 0 Å². The molecule has 0 fully saturated rings. The standard InChI is InChI=1S/C34H45N3O4/c1-25(2)18-19-29-30(32(39)28-17-10-9-16-27(28)31(29)38)35-20-11-12-22-37(24-26-14-7-6-8-15-26)23-13-21-36-33(40)41-34(3,4)5/h6-10,14-18,35H,11-13,19-24H2,1-5H3,(H,36,40). The van der Waals surface area contributed by atoms with Gasteiger partial charge in [0.25, 0.3) is 0 Å². The number of carbonyl (C=O) groups excluding carboxylic acids is 3. The van der Waals surface area contributed by atoms with E-state index >= 15 is 0 Å². The molecule has 1 aliphatic rings. The van der Waals surface area contributed by atoms with E-state index in [0.29, 0.717) is 41.9 Å². The van der Waals surface area contributed by atoms with Gasteiger partial charge in [-0.15, -0.1) is 0 Å². The molecule has 0 saturated heterocycles. The van der Waals surface area contributed by atoms with Gasteiger partial charge in [-0.2, -0.15) is 0 Å². The number of fused-ring (bicyclic) bond motifs is 1. The number of alkyl carbamates (subject to hydrolysis) is 1. The molecule has 3 rings (SSSR count). The highest BCUT2D eigenvalue weighted by Gasteiger charge is 2.31. The van der Waals surface area contributed by atoms with Crippen LogP contribution in [0, 0.1) is 0 Å². The number of ketones is 2. The Labute approximate surface area is 245 Å². The maximum atomic E-state index is 13.3. The summed E-state index contributed by atoms with van der Waals surface area (Å²) in [5.41, 5.74) is 3.76. The van der Waals surface area contributed by atoms with Crippen LogP contribution in [-0.4, -0.2) is 54.3 Å². The van der Waals surface area contributed by atoms with Crippen LogP contribution in [0.5, 0.6) is 0 Å². The Morgan fingerprint density at radius 2 is 1.49 bits per heavy atom. The smallest absolute Gasteiger partial charge is 0.407 e. The van der Waals surface area contributed by atoms with E-state index < -0.39 is 11.7 Å². The molecule has 0 aliphatic heterocycles. The van der Waals surface area contributed by atoms with E-state index in [1.165, 1.54) is 5.56 Å². The predicted octanol–water partition coefficient (Wildman–Crippen LogP) is 6.46. The molecular formula is C34H45N3O4. The Morgan fingerprint density at radius 3 is 2.15 bits per heavy atom. The number of ether oxygens (including phenoxy) is 1. The van der Waals surface area contributed by atoms with Crippen molar-refractivity contribution in [2.45, 2.75) is 72.4 Å². The molecule has 2 aromatic rings. The number of rotatable bonds is 14. The van der Waals surface area contributed by atoms with Gasteiger partial charge in [0.05, 0.1) is 5.70 Å². The number of benzene rings is 2. The molecule has 0 bridgehead atoms. The van der Waals surface area contributed by atoms with Crippen molar-refractivity contribution in [2.24, 2.45) is 0 Å². The van der Waals surface area contributed by atoms with Gasteiger partial charge >= 0.3 is 6.09 Å². The van der Waals surface area contributed by atoms with Crippen LogP contribution in [0.4, 0.5) is 4.79 Å². The number of amides is 1. The van der Waals surface area contributed by atoms with Crippen molar-refractivity contribution in [3.05, 3.63) is 94.2 Å². The zero-order chi connectivity index (χ0) is 29.8. The number of hydrogen-bond donors (Lipinski definition) is 2. The minimum Gasteiger partial charge on any atom is -0.444 e. The van der Waals surface area contributed by atoms with E-state index in [0.717, 1.165) is 44.5 Å². The highest BCUT2D eigenvalue weighted by molar-refractivity contribution is 6.26. The van der Waals surface area contributed by atoms with Gasteiger partial charge in [0.1, 0.15) is 5.60 Å². The zero-order valence-corrected chi connectivity index (χ0v) is 25.2. The molecule has 1 aliphatic carbocycles. The lowest BCUT2D eigenvalue weighted by atomic mass is 9.85. The molecular weight excluding hydrogens is 514 g/mol. The molecule has 0 unspecified atom stereocenters. The fourth-order valence-corrected chi connectivity index (χ4v) is 4.71. The lowest BCUT2D eigenvalue weighted by Gasteiger charge is -2.24. The van der Waals surface area contributed by atoms with Crippen LogP contribution in [0.25, 0.3) is 0 Å². The fraction of sp³-hybridized carbons (Fsp3) is 0.441. The molecule has 0 saturated carbocycles. The second kappa shape index (κ2) is 15.3. The van der Waals surface area contributed by atoms with Gasteiger partial charge in [-0.3, -0.25) is 14.5 Å². The van der Waals surface area contributed by atoms with Crippen LogP contribution in [-0.2, 0) is 11.3 Å². The van der Waals surface area contributed by atoms with Gasteiger partial charge in [-0.1, -0.05) is 66.2 Å². The summed E-state index contributed by atoms with van der Waals surface area (Å²) in [5, 5.41) is 6.16. The summed E-state index contributed by atoms with van der Waals surface area (Å²) in [6, 6.07) is 17.4. The normalized spacial score (nSPS) is 13.2. The van der Waals surface area contributed by atoms with E-state index in [-0.39, 0.29) is 11.6 Å². The van der Waals surface area contributed by atoms with Crippen molar-refractivity contribution in [3.63, 3.8) is 0 Å². The average Bonchev–Trinajstić information content (AvgIpc) is 2.92. The van der Waals surface area contributed by atoms with E-state index in [1.807, 2.05) is 58.9 Å². The van der Waals surface area contributed by atoms with Crippen LogP contribution in [0.15, 0.2) is 77.5 Å². The van der Waals surface area contributed by atoms with E-state index in [9.17, 15) is 14.4 Å². The number of unbranched alkanes of at least 4 members (excludes halogenated alkanes) is 1. The Bertz CT molecular complexity index is 1250. The molecule has 7 heteroatoms. The first-order valence-electron chi connectivity index (χ1n) is 14.6. The first kappa shape index (κ1) is 31.8. The maximum Gasteiger partial charge on any atom is 0.407 e. The predicted molar refractivity (Wildman–Crippen MR) is 164 cm³/mol. The van der Waals surface area contributed by atoms with Crippen LogP contribution in [0.3, 0.4) is 0 Å². The van der Waals surface area contributed by atoms with Crippen molar-refractivity contribution >= 4 is 17.7 Å². The largest absolute Gasteiger partial charge is 0.444 e. The number of allylic oxidation sites excluding steroid dienone is 4. The molecule has 1 amide bonds. The van der Waals surface area contributed by atoms with Gasteiger partial charge in [0.15, 0.2) is 5.78 Å². The number of carbonyl (C=O) groups is 3. The van der Waals surface area contributed by atoms with Gasteiger partial charge in [0, 0.05) is 42.9 Å². The maximum absolute atomic E-state index is 13.3. The summed E-state index contributed by atoms with van der Waals surface area (Å²) in [7, 11) is 0. The van der Waals surface area contributed by atoms with Crippen molar-refractivity contribution in [3.8, 4) is 0 Å². The molecule has 0 radical (unpaired) electrons. The number of Topliss-reactive ketones (excluding diaryl/α,β-unsaturated/α-hetero) is 2. The third-order valence-corrected chi connectivity index (χ3v) is 6.70. The average molecular weight is 560 g/mol. The Kier molecular flexibility index (Phi) is 11.9. The number of nitrogens with one attached hydrogen (secondary N) is 2. The third kappa shape index (κ3) is 10.3. The van der Waals surface area contributed by atoms with Crippen LogP contribution >= 0.6 is 0 Å². The molecule has 0 heterocycles. The van der Waals surface area contributed by atoms with Gasteiger partial charge in [-0.05, 0) is 72.4 Å². The highest BCUT2D eigenvalue weighted by atomic mass is 16.6. The topological polar surface area (TPSA) is 87.7 Å². The number of hydrogen-bond acceptors (Lipinski definition) is 6. The lowest BCUT2D eigenvalue weighted by Crippen LogP contribution is -2.35. The van der Waals surface area contributed by atoms with Crippen molar-refractivity contribution < 1.29 is 19.1 Å². The molecule has 220 valence electrons. The summed E-state index contributed by atoms with van der Waals surface area (Å²) < 4.78 is 5.33. The Morgan fingerprint density at radius 1 is 0.854 bits per heavy atom. The summed E-state index contributed by atoms with van der Waals surface area (Å²) in [6.45, 7) is 13.2. The second-order valence-electron chi connectivity index (χ2n) is 11.7. The third-order valence-electron chi connectivity index (χ3n) is 6.70. The van der Waals surface area contributed by atoms with Crippen molar-refractivity contribution in [2.75, 3.05) is 26.2 Å². The minimum absolute atomic E-state index is 0.0748. The first-order chi connectivity index (χ1) is 19.5. The fourth-order valence-electron chi connectivity index (χ4n) is 4.71. The van der Waals surface area contributed by atoms with Gasteiger partial charge in [-0.25, -0.2) is 4.79 Å². The monoisotopic (exact) mass is 559 g/mol. The van der Waals surface area contributed by atoms with Gasteiger partial charge in [0.2, 0.25) is 5.78 Å². The van der Waals surface area contributed by atoms with Crippen LogP contribution in [0.1, 0.15) is 86.6 Å². The van der Waals surface area contributed by atoms with Crippen LogP contribution in [0.2, 0.25) is 0 Å². The Balaban J connectivity index is 1.56. The van der Waals surface area contributed by atoms with Gasteiger partial charge < -0.3 is 15.4 Å². The molecule has 2 N–H and O–H groups in total. The second-order valence-corrected chi connectivity index (χ2v) is 11.7. The summed E-state index contributed by atoms with van der Waals surface area (Å²) in [4.78, 5) is 40.9. The lowest BCUT2D eigenvalue weighted by molar-refractivity contribution is 0.0525. The van der Waals surface area contributed by atoms with Crippen LogP contribution < -0.4 is 10.6 Å². The summed E-state index contributed by atoms with van der Waals surface area (Å²) in [6.07, 6.45) is 4.62. The molecule has 2 aromatic carbocycles. The van der Waals surface area contributed by atoms with Crippen molar-refractivity contribution in [1.82, 2.24) is 15.5 Å². The zero-order valence-electron chi connectivity index (χ0n) is 25.2. The molecule has 41 heavy (non-hydrogen) atoms.